The van der Waals surface area contributed by atoms with Crippen molar-refractivity contribution >= 4 is 29.6 Å². The lowest BCUT2D eigenvalue weighted by Crippen LogP contribution is -2.54. The first-order chi connectivity index (χ1) is 13.6. The highest BCUT2D eigenvalue weighted by Gasteiger charge is 2.24. The molecule has 11 N–H and O–H groups in total. The van der Waals surface area contributed by atoms with E-state index in [0.29, 0.717) is 19.4 Å². The number of aliphatic hydroxyl groups excluding tert-OH is 1. The van der Waals surface area contributed by atoms with Gasteiger partial charge in [0.1, 0.15) is 12.1 Å². The molecule has 0 saturated carbocycles. The van der Waals surface area contributed by atoms with E-state index in [1.54, 1.807) is 0 Å². The van der Waals surface area contributed by atoms with Crippen LogP contribution in [0.3, 0.4) is 0 Å². The number of primary amides is 1. The maximum absolute atomic E-state index is 12.0. The minimum Gasteiger partial charge on any atom is -0.480 e. The number of hydrogen-bond acceptors (Lipinski definition) is 8. The Labute approximate surface area is 167 Å². The molecule has 0 aromatic rings. The van der Waals surface area contributed by atoms with Crippen molar-refractivity contribution < 1.29 is 34.2 Å². The lowest BCUT2D eigenvalue weighted by molar-refractivity contribution is -0.142. The van der Waals surface area contributed by atoms with Gasteiger partial charge in [0, 0.05) is 6.42 Å². The molecule has 0 saturated heterocycles. The van der Waals surface area contributed by atoms with Gasteiger partial charge in [-0.05, 0) is 32.2 Å². The Hall–Kier alpha value is -2.77. The summed E-state index contributed by atoms with van der Waals surface area (Å²) in [6.45, 7) is -0.922. The minimum absolute atomic E-state index is 0.0376. The summed E-state index contributed by atoms with van der Waals surface area (Å²) in [5, 5.41) is 25.0. The molecule has 29 heavy (non-hydrogen) atoms. The van der Waals surface area contributed by atoms with Crippen LogP contribution in [-0.2, 0) is 24.0 Å². The van der Waals surface area contributed by atoms with Gasteiger partial charge in [-0.2, -0.15) is 0 Å². The Morgan fingerprint density at radius 2 is 1.59 bits per heavy atom. The van der Waals surface area contributed by atoms with Crippen LogP contribution in [0.1, 0.15) is 32.1 Å². The highest BCUT2D eigenvalue weighted by Crippen LogP contribution is 2.00. The molecule has 0 aliphatic carbocycles. The summed E-state index contributed by atoms with van der Waals surface area (Å²) >= 11 is 0. The van der Waals surface area contributed by atoms with Crippen LogP contribution < -0.4 is 33.2 Å². The number of nitrogens with two attached hydrogens (primary N) is 3. The zero-order chi connectivity index (χ0) is 22.4. The van der Waals surface area contributed by atoms with Crippen molar-refractivity contribution in [3.63, 3.8) is 0 Å². The SMILES string of the molecule is NCCCCC(NC(=O)CNC(=O)C(CO)NC(=O)C(N)CCC(N)=O)C(=O)O. The van der Waals surface area contributed by atoms with Crippen molar-refractivity contribution in [1.82, 2.24) is 16.0 Å². The van der Waals surface area contributed by atoms with Gasteiger partial charge >= 0.3 is 5.97 Å². The first-order valence-electron chi connectivity index (χ1n) is 9.07. The molecular weight excluding hydrogens is 388 g/mol. The van der Waals surface area contributed by atoms with Crippen molar-refractivity contribution in [3.8, 4) is 0 Å². The number of amides is 4. The number of hydrogen-bond donors (Lipinski definition) is 8. The lowest BCUT2D eigenvalue weighted by atomic mass is 10.1. The normalized spacial score (nSPS) is 13.6. The second-order valence-corrected chi connectivity index (χ2v) is 6.32. The molecule has 0 aromatic carbocycles. The maximum Gasteiger partial charge on any atom is 0.326 e. The van der Waals surface area contributed by atoms with Crippen LogP contribution in [0.4, 0.5) is 0 Å². The molecule has 0 rings (SSSR count). The number of carbonyl (C=O) groups excluding carboxylic acids is 4. The van der Waals surface area contributed by atoms with Gasteiger partial charge in [0.25, 0.3) is 0 Å². The Bertz CT molecular complexity index is 586. The van der Waals surface area contributed by atoms with Crippen LogP contribution in [-0.4, -0.2) is 77.6 Å². The van der Waals surface area contributed by atoms with Gasteiger partial charge < -0.3 is 43.4 Å². The number of carboxylic acid groups (broad SMARTS) is 1. The number of carbonyl (C=O) groups is 5. The topological polar surface area (TPSA) is 240 Å². The molecule has 13 heteroatoms. The molecule has 0 heterocycles. The Balaban J connectivity index is 4.51. The van der Waals surface area contributed by atoms with Gasteiger partial charge in [0.2, 0.25) is 23.6 Å². The summed E-state index contributed by atoms with van der Waals surface area (Å²) < 4.78 is 0. The van der Waals surface area contributed by atoms with E-state index in [1.165, 1.54) is 0 Å². The van der Waals surface area contributed by atoms with E-state index < -0.39 is 60.9 Å². The molecule has 0 radical (unpaired) electrons. The van der Waals surface area contributed by atoms with Gasteiger partial charge in [-0.25, -0.2) is 4.79 Å². The maximum atomic E-state index is 12.0. The van der Waals surface area contributed by atoms with Crippen molar-refractivity contribution in [2.75, 3.05) is 19.7 Å². The number of carboxylic acids is 1. The quantitative estimate of drug-likeness (QED) is 0.120. The fourth-order valence-corrected chi connectivity index (χ4v) is 2.19. The van der Waals surface area contributed by atoms with E-state index in [2.05, 4.69) is 16.0 Å². The minimum atomic E-state index is -1.38. The van der Waals surface area contributed by atoms with Crippen LogP contribution in [0.15, 0.2) is 0 Å². The standard InChI is InChI=1S/C16H30N6O7/c17-6-2-1-3-10(16(28)29)21-13(25)7-20-15(27)11(8-23)22-14(26)9(18)4-5-12(19)24/h9-11,23H,1-8,17-18H2,(H2,19,24)(H,20,27)(H,21,25)(H,22,26)(H,28,29). The molecule has 0 aliphatic rings. The number of aliphatic hydroxyl groups is 1. The monoisotopic (exact) mass is 418 g/mol. The molecule has 13 nitrogen and oxygen atoms in total. The van der Waals surface area contributed by atoms with E-state index in [0.717, 1.165) is 0 Å². The highest BCUT2D eigenvalue weighted by atomic mass is 16.4. The summed E-state index contributed by atoms with van der Waals surface area (Å²) in [6, 6.07) is -3.62. The van der Waals surface area contributed by atoms with Crippen molar-refractivity contribution in [3.05, 3.63) is 0 Å². The average molecular weight is 418 g/mol. The van der Waals surface area contributed by atoms with Gasteiger partial charge in [-0.1, -0.05) is 0 Å². The molecule has 0 aliphatic heterocycles. The number of rotatable bonds is 15. The Morgan fingerprint density at radius 3 is 2.10 bits per heavy atom. The third-order valence-corrected chi connectivity index (χ3v) is 3.86. The van der Waals surface area contributed by atoms with Gasteiger partial charge in [0.15, 0.2) is 0 Å². The fraction of sp³-hybridized carbons (Fsp3) is 0.688. The first-order valence-corrected chi connectivity index (χ1v) is 9.07. The molecule has 0 aromatic heterocycles. The van der Waals surface area contributed by atoms with Crippen LogP contribution >= 0.6 is 0 Å². The van der Waals surface area contributed by atoms with E-state index in [-0.39, 0.29) is 19.3 Å². The number of unbranched alkanes of at least 4 members (excludes halogenated alkanes) is 1. The van der Waals surface area contributed by atoms with Gasteiger partial charge in [0.05, 0.1) is 19.2 Å². The third kappa shape index (κ3) is 11.6. The lowest BCUT2D eigenvalue weighted by Gasteiger charge is -2.19. The second kappa shape index (κ2) is 14.3. The van der Waals surface area contributed by atoms with Crippen molar-refractivity contribution in [2.24, 2.45) is 17.2 Å². The molecular formula is C16H30N6O7. The molecule has 0 spiro atoms. The average Bonchev–Trinajstić information content (AvgIpc) is 2.67. The predicted molar refractivity (Wildman–Crippen MR) is 101 cm³/mol. The van der Waals surface area contributed by atoms with E-state index in [9.17, 15) is 29.1 Å². The van der Waals surface area contributed by atoms with E-state index in [1.807, 2.05) is 0 Å². The smallest absolute Gasteiger partial charge is 0.326 e. The van der Waals surface area contributed by atoms with E-state index >= 15 is 0 Å². The third-order valence-electron chi connectivity index (χ3n) is 3.86. The molecule has 0 bridgehead atoms. The van der Waals surface area contributed by atoms with Crippen LogP contribution in [0.5, 0.6) is 0 Å². The van der Waals surface area contributed by atoms with Crippen LogP contribution in [0.2, 0.25) is 0 Å². The Morgan fingerprint density at radius 1 is 0.931 bits per heavy atom. The Kier molecular flexibility index (Phi) is 12.9. The van der Waals surface area contributed by atoms with Gasteiger partial charge in [-0.15, -0.1) is 0 Å². The number of aliphatic carboxylic acids is 1. The van der Waals surface area contributed by atoms with Crippen molar-refractivity contribution in [1.29, 1.82) is 0 Å². The first kappa shape index (κ1) is 26.2. The summed E-state index contributed by atoms with van der Waals surface area (Å²) in [7, 11) is 0. The summed E-state index contributed by atoms with van der Waals surface area (Å²) in [4.78, 5) is 57.6. The van der Waals surface area contributed by atoms with Gasteiger partial charge in [-0.3, -0.25) is 19.2 Å². The van der Waals surface area contributed by atoms with E-state index in [4.69, 9.17) is 22.3 Å². The zero-order valence-electron chi connectivity index (χ0n) is 16.1. The predicted octanol–water partition coefficient (Wildman–Crippen LogP) is -4.13. The molecule has 166 valence electrons. The fourth-order valence-electron chi connectivity index (χ4n) is 2.19. The second-order valence-electron chi connectivity index (χ2n) is 6.32. The van der Waals surface area contributed by atoms with Crippen molar-refractivity contribution in [2.45, 2.75) is 50.2 Å². The molecule has 3 unspecified atom stereocenters. The van der Waals surface area contributed by atoms with Crippen LogP contribution in [0.25, 0.3) is 0 Å². The highest BCUT2D eigenvalue weighted by molar-refractivity contribution is 5.92. The molecule has 3 atom stereocenters. The summed E-state index contributed by atoms with van der Waals surface area (Å²) in [6.07, 6.45) is 1.14. The number of nitrogens with one attached hydrogen (secondary N) is 3. The summed E-state index contributed by atoms with van der Waals surface area (Å²) in [5.74, 6) is -4.26. The molecule has 0 fully saturated rings. The van der Waals surface area contributed by atoms with Crippen LogP contribution in [0, 0.1) is 0 Å². The zero-order valence-corrected chi connectivity index (χ0v) is 16.1. The largest absolute Gasteiger partial charge is 0.480 e. The molecule has 4 amide bonds. The summed E-state index contributed by atoms with van der Waals surface area (Å²) in [5.41, 5.74) is 15.9.